The SMILES string of the molecule is NC(Cc1c[nH]c2ccccc12)c1nc(C(=O)Nc2ccc(Cl)cc2)co1. The summed E-state index contributed by atoms with van der Waals surface area (Å²) >= 11 is 5.84. The zero-order valence-electron chi connectivity index (χ0n) is 14.3. The lowest BCUT2D eigenvalue weighted by atomic mass is 10.1. The van der Waals surface area contributed by atoms with Gasteiger partial charge in [-0.05, 0) is 42.3 Å². The fraction of sp³-hybridized carbons (Fsp3) is 0.100. The Morgan fingerprint density at radius 1 is 1.22 bits per heavy atom. The van der Waals surface area contributed by atoms with E-state index in [0.29, 0.717) is 23.0 Å². The number of anilines is 1. The summed E-state index contributed by atoms with van der Waals surface area (Å²) in [5.74, 6) is -0.0480. The van der Waals surface area contributed by atoms with Crippen molar-refractivity contribution in [2.75, 3.05) is 5.32 Å². The van der Waals surface area contributed by atoms with Crippen LogP contribution in [0, 0.1) is 0 Å². The van der Waals surface area contributed by atoms with Crippen molar-refractivity contribution in [3.8, 4) is 0 Å². The lowest BCUT2D eigenvalue weighted by Crippen LogP contribution is -2.15. The van der Waals surface area contributed by atoms with Gasteiger partial charge >= 0.3 is 0 Å². The first-order chi connectivity index (χ1) is 13.1. The highest BCUT2D eigenvalue weighted by molar-refractivity contribution is 6.30. The van der Waals surface area contributed by atoms with Gasteiger partial charge in [0.1, 0.15) is 6.26 Å². The number of rotatable bonds is 5. The van der Waals surface area contributed by atoms with E-state index in [0.717, 1.165) is 16.5 Å². The van der Waals surface area contributed by atoms with Gasteiger partial charge in [-0.2, -0.15) is 0 Å². The number of fused-ring (bicyclic) bond motifs is 1. The summed E-state index contributed by atoms with van der Waals surface area (Å²) < 4.78 is 5.44. The highest BCUT2D eigenvalue weighted by Gasteiger charge is 2.19. The average molecular weight is 381 g/mol. The molecule has 0 fully saturated rings. The number of hydrogen-bond acceptors (Lipinski definition) is 4. The molecule has 1 atom stereocenters. The van der Waals surface area contributed by atoms with Crippen molar-refractivity contribution >= 4 is 34.1 Å². The van der Waals surface area contributed by atoms with E-state index < -0.39 is 6.04 Å². The molecule has 2 aromatic carbocycles. The molecule has 7 heteroatoms. The predicted octanol–water partition coefficient (Wildman–Crippen LogP) is 4.30. The zero-order chi connectivity index (χ0) is 18.8. The second-order valence-electron chi connectivity index (χ2n) is 6.20. The van der Waals surface area contributed by atoms with E-state index in [4.69, 9.17) is 21.8 Å². The smallest absolute Gasteiger partial charge is 0.277 e. The summed E-state index contributed by atoms with van der Waals surface area (Å²) in [4.78, 5) is 19.8. The molecule has 1 amide bonds. The van der Waals surface area contributed by atoms with Crippen LogP contribution < -0.4 is 11.1 Å². The molecule has 6 nitrogen and oxygen atoms in total. The molecule has 0 saturated carbocycles. The van der Waals surface area contributed by atoms with Crippen LogP contribution in [0.3, 0.4) is 0 Å². The zero-order valence-corrected chi connectivity index (χ0v) is 15.0. The van der Waals surface area contributed by atoms with E-state index in [9.17, 15) is 4.79 Å². The van der Waals surface area contributed by atoms with Gasteiger partial charge in [0.15, 0.2) is 5.69 Å². The third kappa shape index (κ3) is 3.72. The predicted molar refractivity (Wildman–Crippen MR) is 105 cm³/mol. The quantitative estimate of drug-likeness (QED) is 0.480. The lowest BCUT2D eigenvalue weighted by molar-refractivity contribution is 0.102. The number of amides is 1. The van der Waals surface area contributed by atoms with Gasteiger partial charge in [0, 0.05) is 27.8 Å². The Balaban J connectivity index is 1.46. The number of aromatic nitrogens is 2. The summed E-state index contributed by atoms with van der Waals surface area (Å²) in [6.07, 6.45) is 3.79. The summed E-state index contributed by atoms with van der Waals surface area (Å²) in [5, 5.41) is 4.45. The summed E-state index contributed by atoms with van der Waals surface area (Å²) in [6.45, 7) is 0. The summed E-state index contributed by atoms with van der Waals surface area (Å²) in [6, 6.07) is 14.4. The van der Waals surface area contributed by atoms with Crippen molar-refractivity contribution in [1.29, 1.82) is 0 Å². The number of nitrogens with one attached hydrogen (secondary N) is 2. The molecule has 0 aliphatic rings. The third-order valence-electron chi connectivity index (χ3n) is 4.29. The number of H-pyrrole nitrogens is 1. The molecule has 0 radical (unpaired) electrons. The molecule has 4 rings (SSSR count). The van der Waals surface area contributed by atoms with Crippen LogP contribution in [0.4, 0.5) is 5.69 Å². The van der Waals surface area contributed by atoms with E-state index in [1.807, 2.05) is 30.5 Å². The van der Waals surface area contributed by atoms with Gasteiger partial charge in [0.2, 0.25) is 5.89 Å². The Bertz CT molecular complexity index is 1080. The number of carbonyl (C=O) groups is 1. The lowest BCUT2D eigenvalue weighted by Gasteiger charge is -2.06. The summed E-state index contributed by atoms with van der Waals surface area (Å²) in [5.41, 5.74) is 9.16. The molecule has 0 aliphatic carbocycles. The number of para-hydroxylation sites is 1. The number of nitrogens with two attached hydrogens (primary N) is 1. The van der Waals surface area contributed by atoms with Gasteiger partial charge in [-0.3, -0.25) is 4.79 Å². The molecule has 0 bridgehead atoms. The maximum atomic E-state index is 12.3. The van der Waals surface area contributed by atoms with Crippen molar-refractivity contribution in [3.63, 3.8) is 0 Å². The normalized spacial score (nSPS) is 12.2. The molecule has 1 unspecified atom stereocenters. The van der Waals surface area contributed by atoms with Crippen LogP contribution in [0.25, 0.3) is 10.9 Å². The van der Waals surface area contributed by atoms with Gasteiger partial charge in [-0.15, -0.1) is 0 Å². The molecule has 4 N–H and O–H groups in total. The minimum Gasteiger partial charge on any atom is -0.446 e. The van der Waals surface area contributed by atoms with Gasteiger partial charge in [0.25, 0.3) is 5.91 Å². The van der Waals surface area contributed by atoms with Crippen LogP contribution in [0.1, 0.15) is 28.0 Å². The van der Waals surface area contributed by atoms with Crippen LogP contribution in [0.5, 0.6) is 0 Å². The van der Waals surface area contributed by atoms with Crippen LogP contribution in [0.2, 0.25) is 5.02 Å². The van der Waals surface area contributed by atoms with Crippen molar-refractivity contribution in [3.05, 3.63) is 83.2 Å². The monoisotopic (exact) mass is 380 g/mol. The Morgan fingerprint density at radius 2 is 2.00 bits per heavy atom. The van der Waals surface area contributed by atoms with Crippen LogP contribution in [-0.4, -0.2) is 15.9 Å². The van der Waals surface area contributed by atoms with Gasteiger partial charge in [-0.1, -0.05) is 29.8 Å². The second kappa shape index (κ2) is 7.26. The Kier molecular flexibility index (Phi) is 4.66. The molecule has 0 saturated heterocycles. The number of halogens is 1. The van der Waals surface area contributed by atoms with E-state index in [1.54, 1.807) is 24.3 Å². The number of aromatic amines is 1. The molecule has 0 aliphatic heterocycles. The first-order valence-electron chi connectivity index (χ1n) is 8.43. The fourth-order valence-electron chi connectivity index (χ4n) is 2.92. The van der Waals surface area contributed by atoms with E-state index >= 15 is 0 Å². The number of hydrogen-bond donors (Lipinski definition) is 3. The molecule has 2 aromatic heterocycles. The topological polar surface area (TPSA) is 96.9 Å². The molecule has 136 valence electrons. The Labute approximate surface area is 160 Å². The van der Waals surface area contributed by atoms with Crippen LogP contribution >= 0.6 is 11.6 Å². The first-order valence-corrected chi connectivity index (χ1v) is 8.81. The van der Waals surface area contributed by atoms with Gasteiger partial charge in [0.05, 0.1) is 6.04 Å². The van der Waals surface area contributed by atoms with E-state index in [2.05, 4.69) is 15.3 Å². The molecule has 0 spiro atoms. The fourth-order valence-corrected chi connectivity index (χ4v) is 3.04. The second-order valence-corrected chi connectivity index (χ2v) is 6.64. The number of nitrogens with zero attached hydrogens (tertiary/aromatic N) is 1. The number of benzene rings is 2. The van der Waals surface area contributed by atoms with E-state index in [1.165, 1.54) is 6.26 Å². The van der Waals surface area contributed by atoms with Crippen molar-refractivity contribution in [2.24, 2.45) is 5.73 Å². The van der Waals surface area contributed by atoms with Crippen LogP contribution in [-0.2, 0) is 6.42 Å². The number of oxazole rings is 1. The Hall–Kier alpha value is -3.09. The van der Waals surface area contributed by atoms with Crippen LogP contribution in [0.15, 0.2) is 65.4 Å². The van der Waals surface area contributed by atoms with Gasteiger partial charge in [-0.25, -0.2) is 4.98 Å². The standard InChI is InChI=1S/C20H17ClN4O2/c21-13-5-7-14(8-6-13)24-19(26)18-11-27-20(25-18)16(22)9-12-10-23-17-4-2-1-3-15(12)17/h1-8,10-11,16,23H,9,22H2,(H,24,26). The minimum absolute atomic E-state index is 0.175. The molecular weight excluding hydrogens is 364 g/mol. The molecule has 27 heavy (non-hydrogen) atoms. The minimum atomic E-state index is -0.457. The largest absolute Gasteiger partial charge is 0.446 e. The van der Waals surface area contributed by atoms with E-state index in [-0.39, 0.29) is 11.6 Å². The third-order valence-corrected chi connectivity index (χ3v) is 4.54. The highest BCUT2D eigenvalue weighted by Crippen LogP contribution is 2.23. The highest BCUT2D eigenvalue weighted by atomic mass is 35.5. The maximum absolute atomic E-state index is 12.3. The first kappa shape index (κ1) is 17.3. The molecule has 4 aromatic rings. The average Bonchev–Trinajstić information content (AvgIpc) is 3.32. The summed E-state index contributed by atoms with van der Waals surface area (Å²) in [7, 11) is 0. The van der Waals surface area contributed by atoms with Crippen molar-refractivity contribution < 1.29 is 9.21 Å². The van der Waals surface area contributed by atoms with Gasteiger partial charge < -0.3 is 20.5 Å². The number of carbonyl (C=O) groups excluding carboxylic acids is 1. The Morgan fingerprint density at radius 3 is 2.81 bits per heavy atom. The van der Waals surface area contributed by atoms with Crippen molar-refractivity contribution in [2.45, 2.75) is 12.5 Å². The molecular formula is C20H17ClN4O2. The molecule has 2 heterocycles. The maximum Gasteiger partial charge on any atom is 0.277 e. The van der Waals surface area contributed by atoms with Crippen molar-refractivity contribution in [1.82, 2.24) is 9.97 Å².